The molecule has 1 aliphatic heterocycles. The average molecular weight is 248 g/mol. The Kier molecular flexibility index (Phi) is 4.93. The first kappa shape index (κ1) is 13.3. The van der Waals surface area contributed by atoms with E-state index in [1.54, 1.807) is 12.3 Å². The van der Waals surface area contributed by atoms with E-state index in [4.69, 9.17) is 5.73 Å². The molecule has 0 unspecified atom stereocenters. The van der Waals surface area contributed by atoms with Gasteiger partial charge < -0.3 is 5.73 Å². The summed E-state index contributed by atoms with van der Waals surface area (Å²) in [5.41, 5.74) is 5.69. The van der Waals surface area contributed by atoms with Gasteiger partial charge in [0.2, 0.25) is 0 Å². The van der Waals surface area contributed by atoms with Crippen LogP contribution in [0.1, 0.15) is 44.9 Å². The van der Waals surface area contributed by atoms with Crippen LogP contribution in [-0.4, -0.2) is 28.0 Å². The summed E-state index contributed by atoms with van der Waals surface area (Å²) in [6.07, 6.45) is 8.42. The lowest BCUT2D eigenvalue weighted by Crippen LogP contribution is -2.25. The fraction of sp³-hybridized carbons (Fsp3) is 0.714. The van der Waals surface area contributed by atoms with Gasteiger partial charge in [-0.3, -0.25) is 4.90 Å². The Morgan fingerprint density at radius 2 is 2.28 bits per heavy atom. The molecule has 1 fully saturated rings. The maximum absolute atomic E-state index is 5.69. The predicted octanol–water partition coefficient (Wildman–Crippen LogP) is 2.46. The zero-order valence-corrected chi connectivity index (χ0v) is 11.3. The topological polar surface area (TPSA) is 55.0 Å². The predicted molar refractivity (Wildman–Crippen MR) is 74.0 cm³/mol. The molecule has 18 heavy (non-hydrogen) atoms. The highest BCUT2D eigenvalue weighted by Crippen LogP contribution is 2.22. The van der Waals surface area contributed by atoms with E-state index < -0.39 is 0 Å². The summed E-state index contributed by atoms with van der Waals surface area (Å²) in [4.78, 5) is 11.0. The Labute approximate surface area is 110 Å². The number of nitrogen functional groups attached to an aromatic ring is 1. The quantitative estimate of drug-likeness (QED) is 0.889. The molecule has 2 heterocycles. The zero-order chi connectivity index (χ0) is 12.8. The van der Waals surface area contributed by atoms with Gasteiger partial charge in [-0.05, 0) is 44.3 Å². The van der Waals surface area contributed by atoms with Gasteiger partial charge in [0.25, 0.3) is 0 Å². The van der Waals surface area contributed by atoms with Crippen molar-refractivity contribution in [1.29, 1.82) is 0 Å². The van der Waals surface area contributed by atoms with Crippen LogP contribution in [0, 0.1) is 5.92 Å². The Balaban J connectivity index is 1.87. The number of rotatable bonds is 4. The van der Waals surface area contributed by atoms with Crippen molar-refractivity contribution in [3.8, 4) is 0 Å². The minimum absolute atomic E-state index is 0.568. The summed E-state index contributed by atoms with van der Waals surface area (Å²) in [7, 11) is 0. The molecule has 0 saturated carbocycles. The van der Waals surface area contributed by atoms with Crippen LogP contribution < -0.4 is 5.73 Å². The van der Waals surface area contributed by atoms with Crippen LogP contribution in [0.15, 0.2) is 12.3 Å². The molecule has 1 saturated heterocycles. The second-order valence-corrected chi connectivity index (χ2v) is 5.26. The molecule has 0 aromatic carbocycles. The molecule has 2 rings (SSSR count). The average Bonchev–Trinajstić information content (AvgIpc) is 2.56. The molecule has 0 amide bonds. The number of anilines is 1. The van der Waals surface area contributed by atoms with Gasteiger partial charge in [0.15, 0.2) is 0 Å². The Morgan fingerprint density at radius 1 is 1.39 bits per heavy atom. The Morgan fingerprint density at radius 3 is 3.06 bits per heavy atom. The van der Waals surface area contributed by atoms with Gasteiger partial charge in [-0.1, -0.05) is 19.8 Å². The van der Waals surface area contributed by atoms with Crippen LogP contribution in [0.5, 0.6) is 0 Å². The van der Waals surface area contributed by atoms with E-state index in [2.05, 4.69) is 21.8 Å². The molecule has 4 nitrogen and oxygen atoms in total. The van der Waals surface area contributed by atoms with Gasteiger partial charge >= 0.3 is 0 Å². The van der Waals surface area contributed by atoms with Crippen molar-refractivity contribution < 1.29 is 0 Å². The first-order chi connectivity index (χ1) is 8.78. The maximum Gasteiger partial charge on any atom is 0.144 e. The molecule has 1 aromatic rings. The normalized spacial score (nSPS) is 21.7. The van der Waals surface area contributed by atoms with E-state index in [-0.39, 0.29) is 0 Å². The molecule has 1 aromatic heterocycles. The highest BCUT2D eigenvalue weighted by atomic mass is 15.1. The Bertz CT molecular complexity index is 367. The lowest BCUT2D eigenvalue weighted by Gasteiger charge is -2.19. The number of nitrogens with two attached hydrogens (primary N) is 1. The van der Waals surface area contributed by atoms with Crippen LogP contribution in [0.2, 0.25) is 0 Å². The van der Waals surface area contributed by atoms with Crippen molar-refractivity contribution >= 4 is 5.82 Å². The summed E-state index contributed by atoms with van der Waals surface area (Å²) in [5, 5.41) is 0. The van der Waals surface area contributed by atoms with E-state index in [0.29, 0.717) is 5.82 Å². The minimum Gasteiger partial charge on any atom is -0.384 e. The van der Waals surface area contributed by atoms with Gasteiger partial charge in [-0.15, -0.1) is 0 Å². The van der Waals surface area contributed by atoms with Gasteiger partial charge in [0.1, 0.15) is 11.6 Å². The van der Waals surface area contributed by atoms with E-state index in [1.165, 1.54) is 45.2 Å². The zero-order valence-electron chi connectivity index (χ0n) is 11.3. The first-order valence-corrected chi connectivity index (χ1v) is 7.07. The summed E-state index contributed by atoms with van der Waals surface area (Å²) in [6.45, 7) is 5.45. The monoisotopic (exact) mass is 248 g/mol. The molecule has 0 aliphatic carbocycles. The minimum atomic E-state index is 0.568. The lowest BCUT2D eigenvalue weighted by atomic mass is 9.96. The third-order valence-electron chi connectivity index (χ3n) is 3.73. The molecule has 4 heteroatoms. The van der Waals surface area contributed by atoms with Crippen molar-refractivity contribution in [1.82, 2.24) is 14.9 Å². The van der Waals surface area contributed by atoms with Crippen molar-refractivity contribution in [2.24, 2.45) is 5.92 Å². The van der Waals surface area contributed by atoms with Crippen molar-refractivity contribution in [2.45, 2.75) is 45.6 Å². The number of nitrogens with zero attached hydrogens (tertiary/aromatic N) is 3. The lowest BCUT2D eigenvalue weighted by molar-refractivity contribution is 0.265. The van der Waals surface area contributed by atoms with Crippen LogP contribution in [0.3, 0.4) is 0 Å². The molecule has 0 radical (unpaired) electrons. The number of aromatic nitrogens is 2. The van der Waals surface area contributed by atoms with Gasteiger partial charge in [0, 0.05) is 6.20 Å². The third-order valence-corrected chi connectivity index (χ3v) is 3.73. The van der Waals surface area contributed by atoms with Crippen LogP contribution in [0.25, 0.3) is 0 Å². The standard InChI is InChI=1S/C14H24N4/c1-2-4-12-5-3-9-18(10-7-12)11-14-16-8-6-13(15)17-14/h6,8,12H,2-5,7,9-11H2,1H3,(H2,15,16,17)/t12-/m0/s1. The van der Waals surface area contributed by atoms with Crippen molar-refractivity contribution in [2.75, 3.05) is 18.8 Å². The maximum atomic E-state index is 5.69. The van der Waals surface area contributed by atoms with Gasteiger partial charge in [-0.2, -0.15) is 0 Å². The second-order valence-electron chi connectivity index (χ2n) is 5.26. The number of likely N-dealkylation sites (tertiary alicyclic amines) is 1. The molecular weight excluding hydrogens is 224 g/mol. The van der Waals surface area contributed by atoms with Crippen LogP contribution in [-0.2, 0) is 6.54 Å². The first-order valence-electron chi connectivity index (χ1n) is 7.07. The van der Waals surface area contributed by atoms with E-state index in [0.717, 1.165) is 18.3 Å². The molecule has 2 N–H and O–H groups in total. The Hall–Kier alpha value is -1.16. The molecule has 0 bridgehead atoms. The van der Waals surface area contributed by atoms with E-state index in [9.17, 15) is 0 Å². The number of hydrogen-bond acceptors (Lipinski definition) is 4. The molecule has 1 aliphatic rings. The summed E-state index contributed by atoms with van der Waals surface area (Å²) in [6, 6.07) is 1.74. The van der Waals surface area contributed by atoms with Crippen LogP contribution in [0.4, 0.5) is 5.82 Å². The second kappa shape index (κ2) is 6.69. The number of hydrogen-bond donors (Lipinski definition) is 1. The summed E-state index contributed by atoms with van der Waals surface area (Å²) in [5.74, 6) is 2.34. The van der Waals surface area contributed by atoms with Gasteiger partial charge in [0.05, 0.1) is 6.54 Å². The highest BCUT2D eigenvalue weighted by Gasteiger charge is 2.17. The molecule has 0 spiro atoms. The molecular formula is C14H24N4. The van der Waals surface area contributed by atoms with E-state index in [1.807, 2.05) is 0 Å². The molecule has 100 valence electrons. The largest absolute Gasteiger partial charge is 0.384 e. The fourth-order valence-electron chi connectivity index (χ4n) is 2.77. The van der Waals surface area contributed by atoms with Crippen molar-refractivity contribution in [3.05, 3.63) is 18.1 Å². The van der Waals surface area contributed by atoms with E-state index >= 15 is 0 Å². The SMILES string of the molecule is CCC[C@H]1CCCN(Cc2nccc(N)n2)CC1. The van der Waals surface area contributed by atoms with Gasteiger partial charge in [-0.25, -0.2) is 9.97 Å². The van der Waals surface area contributed by atoms with Crippen molar-refractivity contribution in [3.63, 3.8) is 0 Å². The summed E-state index contributed by atoms with van der Waals surface area (Å²) >= 11 is 0. The smallest absolute Gasteiger partial charge is 0.144 e. The molecule has 1 atom stereocenters. The summed E-state index contributed by atoms with van der Waals surface area (Å²) < 4.78 is 0. The third kappa shape index (κ3) is 3.95. The highest BCUT2D eigenvalue weighted by molar-refractivity contribution is 5.24. The fourth-order valence-corrected chi connectivity index (χ4v) is 2.77. The van der Waals surface area contributed by atoms with Crippen LogP contribution >= 0.6 is 0 Å².